The van der Waals surface area contributed by atoms with Crippen molar-refractivity contribution < 1.29 is 33.3 Å². The average molecular weight is 706 g/mol. The second-order valence-electron chi connectivity index (χ2n) is 12.8. The van der Waals surface area contributed by atoms with Crippen LogP contribution < -0.4 is 14.2 Å². The summed E-state index contributed by atoms with van der Waals surface area (Å²) in [5, 5.41) is 0. The van der Waals surface area contributed by atoms with Gasteiger partial charge in [-0.1, -0.05) is 55.6 Å². The number of carbonyl (C=O) groups excluding carboxylic acids is 2. The molecule has 0 unspecified atom stereocenters. The predicted octanol–water partition coefficient (Wildman–Crippen LogP) is 9.45. The molecule has 8 heteroatoms. The van der Waals surface area contributed by atoms with Crippen molar-refractivity contribution in [1.82, 2.24) is 4.98 Å². The Kier molecular flexibility index (Phi) is 16.5. The van der Waals surface area contributed by atoms with Crippen LogP contribution in [0.25, 0.3) is 11.1 Å². The van der Waals surface area contributed by atoms with Gasteiger partial charge in [0, 0.05) is 30.0 Å². The highest BCUT2D eigenvalue weighted by molar-refractivity contribution is 5.87. The van der Waals surface area contributed by atoms with Crippen molar-refractivity contribution in [3.05, 3.63) is 132 Å². The summed E-state index contributed by atoms with van der Waals surface area (Å²) < 4.78 is 28.2. The van der Waals surface area contributed by atoms with Gasteiger partial charge in [-0.25, -0.2) is 9.59 Å². The quantitative estimate of drug-likeness (QED) is 0.0428. The zero-order valence-corrected chi connectivity index (χ0v) is 30.6. The highest BCUT2D eigenvalue weighted by Gasteiger charge is 2.11. The van der Waals surface area contributed by atoms with Crippen LogP contribution >= 0.6 is 0 Å². The molecule has 4 rings (SSSR count). The largest absolute Gasteiger partial charge is 0.494 e. The molecule has 274 valence electrons. The minimum absolute atomic E-state index is 0.158. The van der Waals surface area contributed by atoms with Crippen molar-refractivity contribution >= 4 is 11.9 Å². The van der Waals surface area contributed by atoms with E-state index < -0.39 is 11.9 Å². The third-order valence-corrected chi connectivity index (χ3v) is 8.26. The number of hydrogen-bond donors (Lipinski definition) is 0. The molecule has 0 saturated carbocycles. The summed E-state index contributed by atoms with van der Waals surface area (Å²) in [7, 11) is 0. The molecular formula is C44H51NO7. The van der Waals surface area contributed by atoms with Crippen LogP contribution in [0.3, 0.4) is 0 Å². The van der Waals surface area contributed by atoms with Gasteiger partial charge in [-0.15, -0.1) is 0 Å². The number of aromatic nitrogens is 1. The molecule has 0 spiro atoms. The molecule has 8 nitrogen and oxygen atoms in total. The van der Waals surface area contributed by atoms with Crippen molar-refractivity contribution in [2.45, 2.75) is 71.8 Å². The van der Waals surface area contributed by atoms with E-state index >= 15 is 0 Å². The minimum atomic E-state index is -0.409. The van der Waals surface area contributed by atoms with Crippen LogP contribution in [0, 0.1) is 0 Å². The van der Waals surface area contributed by atoms with Crippen LogP contribution in [0.1, 0.15) is 69.1 Å². The number of pyridine rings is 1. The van der Waals surface area contributed by atoms with Gasteiger partial charge in [0.25, 0.3) is 0 Å². The molecule has 0 radical (unpaired) electrons. The van der Waals surface area contributed by atoms with Crippen molar-refractivity contribution in [3.8, 4) is 28.4 Å². The second kappa shape index (κ2) is 21.8. The molecular weight excluding hydrogens is 654 g/mol. The number of carbonyl (C=O) groups is 2. The Labute approximate surface area is 308 Å². The molecule has 4 aromatic rings. The minimum Gasteiger partial charge on any atom is -0.494 e. The van der Waals surface area contributed by atoms with Gasteiger partial charge in [-0.2, -0.15) is 0 Å². The van der Waals surface area contributed by atoms with Gasteiger partial charge in [0.1, 0.15) is 23.9 Å². The monoisotopic (exact) mass is 705 g/mol. The van der Waals surface area contributed by atoms with Gasteiger partial charge in [0.15, 0.2) is 0 Å². The lowest BCUT2D eigenvalue weighted by atomic mass is 9.95. The van der Waals surface area contributed by atoms with Crippen LogP contribution in [-0.2, 0) is 38.5 Å². The molecule has 0 aliphatic carbocycles. The van der Waals surface area contributed by atoms with E-state index in [0.717, 1.165) is 78.9 Å². The first-order valence-corrected chi connectivity index (χ1v) is 18.0. The van der Waals surface area contributed by atoms with Crippen LogP contribution in [0.5, 0.6) is 17.2 Å². The van der Waals surface area contributed by atoms with E-state index in [0.29, 0.717) is 37.4 Å². The summed E-state index contributed by atoms with van der Waals surface area (Å²) >= 11 is 0. The van der Waals surface area contributed by atoms with Crippen LogP contribution in [0.15, 0.2) is 116 Å². The maximum absolute atomic E-state index is 12.2. The van der Waals surface area contributed by atoms with Crippen LogP contribution in [-0.4, -0.2) is 43.4 Å². The smallest absolute Gasteiger partial charge is 0.333 e. The zero-order chi connectivity index (χ0) is 37.0. The van der Waals surface area contributed by atoms with E-state index in [1.165, 1.54) is 11.1 Å². The average Bonchev–Trinajstić information content (AvgIpc) is 3.16. The Hall–Kier alpha value is -5.37. The Morgan fingerprint density at radius 3 is 1.69 bits per heavy atom. The Balaban J connectivity index is 1.20. The predicted molar refractivity (Wildman–Crippen MR) is 205 cm³/mol. The number of hydrogen-bond acceptors (Lipinski definition) is 8. The van der Waals surface area contributed by atoms with Gasteiger partial charge in [0.05, 0.1) is 26.4 Å². The third-order valence-electron chi connectivity index (χ3n) is 8.26. The fourth-order valence-corrected chi connectivity index (χ4v) is 5.34. The van der Waals surface area contributed by atoms with Gasteiger partial charge in [0.2, 0.25) is 0 Å². The van der Waals surface area contributed by atoms with E-state index in [1.807, 2.05) is 36.4 Å². The van der Waals surface area contributed by atoms with Crippen molar-refractivity contribution in [2.24, 2.45) is 0 Å². The van der Waals surface area contributed by atoms with Crippen LogP contribution in [0.4, 0.5) is 0 Å². The van der Waals surface area contributed by atoms with E-state index in [9.17, 15) is 9.59 Å². The van der Waals surface area contributed by atoms with Crippen molar-refractivity contribution in [3.63, 3.8) is 0 Å². The number of unbranched alkanes of at least 4 members (excludes halogenated alkanes) is 3. The van der Waals surface area contributed by atoms with Gasteiger partial charge in [-0.3, -0.25) is 4.98 Å². The summed E-state index contributed by atoms with van der Waals surface area (Å²) in [6.07, 6.45) is 11.1. The fraction of sp³-hybridized carbons (Fsp3) is 0.341. The molecule has 0 aliphatic heterocycles. The summed E-state index contributed by atoms with van der Waals surface area (Å²) in [5.41, 5.74) is 6.17. The summed E-state index contributed by atoms with van der Waals surface area (Å²) in [4.78, 5) is 27.7. The molecule has 52 heavy (non-hydrogen) atoms. The maximum Gasteiger partial charge on any atom is 0.333 e. The van der Waals surface area contributed by atoms with E-state index in [2.05, 4.69) is 60.6 Å². The molecule has 0 bridgehead atoms. The lowest BCUT2D eigenvalue weighted by Gasteiger charge is -2.14. The Morgan fingerprint density at radius 1 is 0.558 bits per heavy atom. The lowest BCUT2D eigenvalue weighted by Crippen LogP contribution is -2.09. The molecule has 3 aromatic carbocycles. The summed E-state index contributed by atoms with van der Waals surface area (Å²) in [5.74, 6) is 1.68. The number of rotatable bonds is 23. The molecule has 0 atom stereocenters. The first kappa shape index (κ1) is 39.4. The normalized spacial score (nSPS) is 10.7. The molecule has 0 aliphatic rings. The SMILES string of the molecule is C=C(C)C(=O)OCCCOc1ccc(-c2ccc(CCCCc3ccc(OCCCCCOc4ccncc4)cc3)cc2COC(=O)C(=C)C)cc1. The maximum atomic E-state index is 12.2. The van der Waals surface area contributed by atoms with E-state index in [-0.39, 0.29) is 13.2 Å². The fourth-order valence-electron chi connectivity index (χ4n) is 5.34. The van der Waals surface area contributed by atoms with E-state index in [1.54, 1.807) is 26.2 Å². The first-order valence-electron chi connectivity index (χ1n) is 18.0. The molecule has 0 amide bonds. The topological polar surface area (TPSA) is 93.2 Å². The number of benzene rings is 3. The number of ether oxygens (including phenoxy) is 5. The zero-order valence-electron chi connectivity index (χ0n) is 30.6. The summed E-state index contributed by atoms with van der Waals surface area (Å²) in [6, 6.07) is 26.4. The molecule has 1 heterocycles. The summed E-state index contributed by atoms with van der Waals surface area (Å²) in [6.45, 7) is 12.8. The number of esters is 2. The Bertz CT molecular complexity index is 1720. The highest BCUT2D eigenvalue weighted by Crippen LogP contribution is 2.28. The van der Waals surface area contributed by atoms with E-state index in [4.69, 9.17) is 23.7 Å². The number of nitrogens with zero attached hydrogens (tertiary/aromatic N) is 1. The molecule has 0 saturated heterocycles. The van der Waals surface area contributed by atoms with Gasteiger partial charge < -0.3 is 23.7 Å². The van der Waals surface area contributed by atoms with Gasteiger partial charge in [-0.05, 0) is 123 Å². The third kappa shape index (κ3) is 14.1. The van der Waals surface area contributed by atoms with Crippen molar-refractivity contribution in [1.29, 1.82) is 0 Å². The molecule has 0 N–H and O–H groups in total. The van der Waals surface area contributed by atoms with Crippen molar-refractivity contribution in [2.75, 3.05) is 26.4 Å². The number of aryl methyl sites for hydroxylation is 2. The standard InChI is InChI=1S/C44H51NO7/c1-33(2)43(46)51-30-10-29-50-40-20-16-37(17-21-40)42-22-15-36(31-38(42)32-52-44(47)34(3)4)12-7-6-11-35-13-18-39(19-14-35)48-27-8-5-9-28-49-41-23-25-45-26-24-41/h13-26,31H,1,3,5-12,27-30,32H2,2,4H3. The lowest BCUT2D eigenvalue weighted by molar-refractivity contribution is -0.140. The molecule has 1 aromatic heterocycles. The van der Waals surface area contributed by atoms with Gasteiger partial charge >= 0.3 is 11.9 Å². The Morgan fingerprint density at radius 2 is 1.08 bits per heavy atom. The highest BCUT2D eigenvalue weighted by atomic mass is 16.5. The second-order valence-corrected chi connectivity index (χ2v) is 12.8. The first-order chi connectivity index (χ1) is 25.3. The van der Waals surface area contributed by atoms with Crippen LogP contribution in [0.2, 0.25) is 0 Å². The molecule has 0 fully saturated rings.